The highest BCUT2D eigenvalue weighted by molar-refractivity contribution is 7.89. The summed E-state index contributed by atoms with van der Waals surface area (Å²) in [6, 6.07) is 12.4. The molecule has 7 nitrogen and oxygen atoms in total. The number of aromatic amines is 1. The second kappa shape index (κ2) is 7.53. The molecule has 1 aliphatic rings. The molecular weight excluding hydrogens is 390 g/mol. The topological polar surface area (TPSA) is 93.7 Å². The summed E-state index contributed by atoms with van der Waals surface area (Å²) < 4.78 is 27.1. The Bertz CT molecular complexity index is 1160. The molecule has 0 saturated carbocycles. The zero-order chi connectivity index (χ0) is 20.6. The highest BCUT2D eigenvalue weighted by Gasteiger charge is 2.32. The lowest BCUT2D eigenvalue weighted by atomic mass is 10.1. The fourth-order valence-electron chi connectivity index (χ4n) is 3.70. The number of nitrogens with zero attached hydrogens (tertiary/aromatic N) is 2. The molecule has 0 unspecified atom stereocenters. The van der Waals surface area contributed by atoms with Gasteiger partial charge in [-0.15, -0.1) is 0 Å². The molecule has 8 heteroatoms. The first kappa shape index (κ1) is 19.5. The van der Waals surface area contributed by atoms with Crippen LogP contribution in [0.15, 0.2) is 53.6 Å². The summed E-state index contributed by atoms with van der Waals surface area (Å²) >= 11 is 0. The molecule has 0 aliphatic carbocycles. The van der Waals surface area contributed by atoms with Crippen molar-refractivity contribution in [2.24, 2.45) is 0 Å². The molecule has 0 bridgehead atoms. The van der Waals surface area contributed by atoms with E-state index in [1.54, 1.807) is 17.9 Å². The van der Waals surface area contributed by atoms with E-state index in [9.17, 15) is 18.3 Å². The highest BCUT2D eigenvalue weighted by atomic mass is 32.2. The number of sulfonamides is 1. The number of nitrogens with one attached hydrogen (secondary N) is 1. The van der Waals surface area contributed by atoms with Crippen molar-refractivity contribution in [3.8, 4) is 5.75 Å². The van der Waals surface area contributed by atoms with E-state index < -0.39 is 10.0 Å². The van der Waals surface area contributed by atoms with Gasteiger partial charge in [0.1, 0.15) is 10.6 Å². The van der Waals surface area contributed by atoms with E-state index in [1.807, 2.05) is 30.5 Å². The number of amides is 1. The summed E-state index contributed by atoms with van der Waals surface area (Å²) in [7, 11) is -3.80. The monoisotopic (exact) mass is 413 g/mol. The van der Waals surface area contributed by atoms with Crippen LogP contribution in [0.4, 0.5) is 0 Å². The van der Waals surface area contributed by atoms with Gasteiger partial charge in [0.2, 0.25) is 15.9 Å². The molecular formula is C21H23N3O4S. The van der Waals surface area contributed by atoms with Crippen molar-refractivity contribution >= 4 is 26.8 Å². The van der Waals surface area contributed by atoms with Crippen LogP contribution in [0, 0.1) is 6.92 Å². The van der Waals surface area contributed by atoms with Gasteiger partial charge in [-0.05, 0) is 36.2 Å². The zero-order valence-corrected chi connectivity index (χ0v) is 16.9. The SMILES string of the molecule is Cc1ccc(O)c(S(=O)(=O)N2CCN(C(=O)Cc3c[nH]c4ccccc34)CC2)c1. The van der Waals surface area contributed by atoms with Gasteiger partial charge in [-0.3, -0.25) is 4.79 Å². The number of aryl methyl sites for hydroxylation is 1. The number of piperazine rings is 1. The Kier molecular flexibility index (Phi) is 5.06. The maximum atomic E-state index is 12.9. The van der Waals surface area contributed by atoms with Crippen molar-refractivity contribution in [2.75, 3.05) is 26.2 Å². The minimum Gasteiger partial charge on any atom is -0.507 e. The molecule has 0 radical (unpaired) electrons. The zero-order valence-electron chi connectivity index (χ0n) is 16.1. The normalized spacial score (nSPS) is 15.7. The van der Waals surface area contributed by atoms with Gasteiger partial charge in [0.15, 0.2) is 0 Å². The van der Waals surface area contributed by atoms with E-state index in [1.165, 1.54) is 16.4 Å². The van der Waals surface area contributed by atoms with Crippen LogP contribution in [0.5, 0.6) is 5.75 Å². The third-order valence-electron chi connectivity index (χ3n) is 5.34. The summed E-state index contributed by atoms with van der Waals surface area (Å²) in [4.78, 5) is 17.5. The summed E-state index contributed by atoms with van der Waals surface area (Å²) in [6.07, 6.45) is 2.12. The lowest BCUT2D eigenvalue weighted by molar-refractivity contribution is -0.131. The minimum absolute atomic E-state index is 0.0230. The number of fused-ring (bicyclic) bond motifs is 1. The van der Waals surface area contributed by atoms with Gasteiger partial charge >= 0.3 is 0 Å². The van der Waals surface area contributed by atoms with Crippen LogP contribution >= 0.6 is 0 Å². The number of phenolic OH excluding ortho intramolecular Hbond substituents is 1. The van der Waals surface area contributed by atoms with Crippen molar-refractivity contribution in [2.45, 2.75) is 18.2 Å². The van der Waals surface area contributed by atoms with Crippen molar-refractivity contribution in [3.05, 3.63) is 59.8 Å². The van der Waals surface area contributed by atoms with E-state index in [2.05, 4.69) is 4.98 Å². The van der Waals surface area contributed by atoms with Gasteiger partial charge in [-0.25, -0.2) is 8.42 Å². The maximum absolute atomic E-state index is 12.9. The third-order valence-corrected chi connectivity index (χ3v) is 7.27. The molecule has 29 heavy (non-hydrogen) atoms. The summed E-state index contributed by atoms with van der Waals surface area (Å²) in [5.74, 6) is -0.279. The Hall–Kier alpha value is -2.84. The van der Waals surface area contributed by atoms with Crippen LogP contribution in [0.3, 0.4) is 0 Å². The van der Waals surface area contributed by atoms with Gasteiger partial charge in [0.05, 0.1) is 6.42 Å². The molecule has 1 saturated heterocycles. The van der Waals surface area contributed by atoms with Crippen LogP contribution in [0.1, 0.15) is 11.1 Å². The van der Waals surface area contributed by atoms with E-state index >= 15 is 0 Å². The fourth-order valence-corrected chi connectivity index (χ4v) is 5.29. The first-order valence-corrected chi connectivity index (χ1v) is 10.9. The van der Waals surface area contributed by atoms with Crippen molar-refractivity contribution < 1.29 is 18.3 Å². The molecule has 2 N–H and O–H groups in total. The number of hydrogen-bond acceptors (Lipinski definition) is 4. The predicted molar refractivity (Wildman–Crippen MR) is 110 cm³/mol. The number of aromatic nitrogens is 1. The number of para-hydroxylation sites is 1. The fraction of sp³-hybridized carbons (Fsp3) is 0.286. The Morgan fingerprint density at radius 1 is 1.10 bits per heavy atom. The van der Waals surface area contributed by atoms with E-state index in [0.717, 1.165) is 22.0 Å². The van der Waals surface area contributed by atoms with E-state index in [-0.39, 0.29) is 36.1 Å². The number of carbonyl (C=O) groups is 1. The van der Waals surface area contributed by atoms with E-state index in [0.29, 0.717) is 13.1 Å². The lowest BCUT2D eigenvalue weighted by Crippen LogP contribution is -2.50. The first-order chi connectivity index (χ1) is 13.9. The second-order valence-corrected chi connectivity index (χ2v) is 9.20. The predicted octanol–water partition coefficient (Wildman–Crippen LogP) is 2.26. The van der Waals surface area contributed by atoms with Crippen LogP contribution < -0.4 is 0 Å². The Balaban J connectivity index is 1.43. The number of hydrogen-bond donors (Lipinski definition) is 2. The van der Waals surface area contributed by atoms with Crippen molar-refractivity contribution in [1.82, 2.24) is 14.2 Å². The summed E-state index contributed by atoms with van der Waals surface area (Å²) in [6.45, 7) is 2.84. The minimum atomic E-state index is -3.80. The van der Waals surface area contributed by atoms with E-state index in [4.69, 9.17) is 0 Å². The molecule has 1 fully saturated rings. The summed E-state index contributed by atoms with van der Waals surface area (Å²) in [5.41, 5.74) is 2.68. The number of benzene rings is 2. The largest absolute Gasteiger partial charge is 0.507 e. The van der Waals surface area contributed by atoms with Crippen LogP contribution in [0.2, 0.25) is 0 Å². The molecule has 0 atom stereocenters. The Labute approximate surface area is 169 Å². The van der Waals surface area contributed by atoms with Crippen LogP contribution in [-0.2, 0) is 21.2 Å². The van der Waals surface area contributed by atoms with Crippen LogP contribution in [-0.4, -0.2) is 59.8 Å². The molecule has 4 rings (SSSR count). The average Bonchev–Trinajstić information content (AvgIpc) is 3.12. The Morgan fingerprint density at radius 3 is 2.59 bits per heavy atom. The number of carbonyl (C=O) groups excluding carboxylic acids is 1. The molecule has 0 spiro atoms. The van der Waals surface area contributed by atoms with Gasteiger partial charge in [0, 0.05) is 43.3 Å². The number of phenols is 1. The summed E-state index contributed by atoms with van der Waals surface area (Å²) in [5, 5.41) is 11.0. The first-order valence-electron chi connectivity index (χ1n) is 9.49. The van der Waals surface area contributed by atoms with Gasteiger partial charge in [0.25, 0.3) is 0 Å². The molecule has 1 aromatic heterocycles. The highest BCUT2D eigenvalue weighted by Crippen LogP contribution is 2.27. The number of rotatable bonds is 4. The van der Waals surface area contributed by atoms with Gasteiger partial charge in [-0.2, -0.15) is 4.31 Å². The molecule has 2 heterocycles. The molecule has 3 aromatic rings. The molecule has 152 valence electrons. The molecule has 1 aliphatic heterocycles. The van der Waals surface area contributed by atoms with Crippen molar-refractivity contribution in [1.29, 1.82) is 0 Å². The maximum Gasteiger partial charge on any atom is 0.246 e. The smallest absolute Gasteiger partial charge is 0.246 e. The van der Waals surface area contributed by atoms with Gasteiger partial charge < -0.3 is 15.0 Å². The Morgan fingerprint density at radius 2 is 1.83 bits per heavy atom. The molecule has 2 aromatic carbocycles. The third kappa shape index (κ3) is 3.73. The number of aromatic hydroxyl groups is 1. The molecule has 1 amide bonds. The van der Waals surface area contributed by atoms with Gasteiger partial charge in [-0.1, -0.05) is 24.3 Å². The number of H-pyrrole nitrogens is 1. The van der Waals surface area contributed by atoms with Crippen LogP contribution in [0.25, 0.3) is 10.9 Å². The van der Waals surface area contributed by atoms with Crippen molar-refractivity contribution in [3.63, 3.8) is 0 Å². The quantitative estimate of drug-likeness (QED) is 0.686. The second-order valence-electron chi connectivity index (χ2n) is 7.29. The standard InChI is InChI=1S/C21H23N3O4S/c1-15-6-7-19(25)20(12-15)29(27,28)24-10-8-23(9-11-24)21(26)13-16-14-22-18-5-3-2-4-17(16)18/h2-7,12,14,22,25H,8-11,13H2,1H3. The lowest BCUT2D eigenvalue weighted by Gasteiger charge is -2.34. The average molecular weight is 413 g/mol.